The number of para-hydroxylation sites is 1. The summed E-state index contributed by atoms with van der Waals surface area (Å²) in [5, 5.41) is 8.78. The zero-order chi connectivity index (χ0) is 22.7. The van der Waals surface area contributed by atoms with E-state index in [0.717, 1.165) is 21.3 Å². The molecule has 0 unspecified atom stereocenters. The number of ether oxygens (including phenoxy) is 1. The molecule has 4 rings (SSSR count). The third-order valence-electron chi connectivity index (χ3n) is 5.04. The van der Waals surface area contributed by atoms with Gasteiger partial charge in [0.2, 0.25) is 0 Å². The van der Waals surface area contributed by atoms with Gasteiger partial charge < -0.3 is 19.9 Å². The molecule has 8 heteroatoms. The average molecular weight is 448 g/mol. The molecule has 1 amide bonds. The molecular formula is C24H21N3O4S. The predicted molar refractivity (Wildman–Crippen MR) is 127 cm³/mol. The molecule has 162 valence electrons. The maximum atomic E-state index is 13.1. The number of aryl methyl sites for hydroxylation is 1. The molecule has 0 saturated heterocycles. The molecular weight excluding hydrogens is 426 g/mol. The number of methoxy groups -OCH3 is 1. The minimum Gasteiger partial charge on any atom is -0.468 e. The van der Waals surface area contributed by atoms with Crippen LogP contribution in [0.3, 0.4) is 0 Å². The van der Waals surface area contributed by atoms with Gasteiger partial charge in [-0.15, -0.1) is 11.3 Å². The smallest absolute Gasteiger partial charge is 0.325 e. The van der Waals surface area contributed by atoms with Crippen LogP contribution in [-0.4, -0.2) is 23.6 Å². The third-order valence-corrected chi connectivity index (χ3v) is 6.00. The number of rotatable bonds is 6. The Kier molecular flexibility index (Phi) is 6.04. The molecule has 0 aliphatic carbocycles. The van der Waals surface area contributed by atoms with Crippen molar-refractivity contribution in [3.05, 3.63) is 87.7 Å². The second kappa shape index (κ2) is 9.07. The SMILES string of the molecule is COC(=O)Cn1cc(NC(=O)c2csc3ccccc23)c(Nc2ccccc2C)cc1=O. The average Bonchev–Trinajstić information content (AvgIpc) is 3.22. The number of fused-ring (bicyclic) bond motifs is 1. The van der Waals surface area contributed by atoms with E-state index < -0.39 is 11.5 Å². The Labute approximate surface area is 188 Å². The zero-order valence-corrected chi connectivity index (χ0v) is 18.4. The van der Waals surface area contributed by atoms with Crippen molar-refractivity contribution in [3.8, 4) is 0 Å². The summed E-state index contributed by atoms with van der Waals surface area (Å²) in [6.45, 7) is 1.68. The lowest BCUT2D eigenvalue weighted by Gasteiger charge is -2.16. The van der Waals surface area contributed by atoms with Gasteiger partial charge >= 0.3 is 5.97 Å². The van der Waals surface area contributed by atoms with E-state index in [0.29, 0.717) is 16.9 Å². The van der Waals surface area contributed by atoms with Crippen molar-refractivity contribution < 1.29 is 14.3 Å². The lowest BCUT2D eigenvalue weighted by molar-refractivity contribution is -0.141. The molecule has 0 saturated carbocycles. The van der Waals surface area contributed by atoms with Crippen molar-refractivity contribution >= 4 is 50.4 Å². The summed E-state index contributed by atoms with van der Waals surface area (Å²) in [5.74, 6) is -0.869. The number of esters is 1. The molecule has 2 N–H and O–H groups in total. The monoisotopic (exact) mass is 447 g/mol. The maximum absolute atomic E-state index is 13.1. The number of thiophene rings is 1. The summed E-state index contributed by atoms with van der Waals surface area (Å²) in [5.41, 5.74) is 2.72. The van der Waals surface area contributed by atoms with Gasteiger partial charge in [-0.25, -0.2) is 0 Å². The summed E-state index contributed by atoms with van der Waals surface area (Å²) in [4.78, 5) is 37.5. The Morgan fingerprint density at radius 3 is 2.56 bits per heavy atom. The van der Waals surface area contributed by atoms with E-state index in [-0.39, 0.29) is 12.5 Å². The normalized spacial score (nSPS) is 10.7. The second-order valence-corrected chi connectivity index (χ2v) is 8.09. The summed E-state index contributed by atoms with van der Waals surface area (Å²) in [6.07, 6.45) is 1.45. The van der Waals surface area contributed by atoms with E-state index in [1.165, 1.54) is 35.3 Å². The predicted octanol–water partition coefficient (Wildman–Crippen LogP) is 4.54. The van der Waals surface area contributed by atoms with Crippen LogP contribution < -0.4 is 16.2 Å². The number of carbonyl (C=O) groups is 2. The van der Waals surface area contributed by atoms with Gasteiger partial charge in [0.05, 0.1) is 24.0 Å². The first-order chi connectivity index (χ1) is 15.5. The minimum absolute atomic E-state index is 0.260. The second-order valence-electron chi connectivity index (χ2n) is 7.18. The van der Waals surface area contributed by atoms with Crippen LogP contribution in [0.5, 0.6) is 0 Å². The highest BCUT2D eigenvalue weighted by molar-refractivity contribution is 7.17. The molecule has 2 heterocycles. The highest BCUT2D eigenvalue weighted by Crippen LogP contribution is 2.29. The van der Waals surface area contributed by atoms with Gasteiger partial charge in [-0.05, 0) is 24.6 Å². The van der Waals surface area contributed by atoms with E-state index in [2.05, 4.69) is 15.4 Å². The van der Waals surface area contributed by atoms with E-state index in [9.17, 15) is 14.4 Å². The van der Waals surface area contributed by atoms with Crippen LogP contribution in [-0.2, 0) is 16.1 Å². The number of aromatic nitrogens is 1. The number of hydrogen-bond acceptors (Lipinski definition) is 6. The van der Waals surface area contributed by atoms with Crippen molar-refractivity contribution in [2.24, 2.45) is 0 Å². The van der Waals surface area contributed by atoms with Crippen molar-refractivity contribution in [3.63, 3.8) is 0 Å². The molecule has 0 bridgehead atoms. The van der Waals surface area contributed by atoms with E-state index >= 15 is 0 Å². The van der Waals surface area contributed by atoms with Gasteiger partial charge in [0.1, 0.15) is 6.54 Å². The number of nitrogens with one attached hydrogen (secondary N) is 2. The Morgan fingerprint density at radius 1 is 1.03 bits per heavy atom. The third kappa shape index (κ3) is 4.40. The fraction of sp³-hybridized carbons (Fsp3) is 0.125. The first-order valence-electron chi connectivity index (χ1n) is 9.88. The topological polar surface area (TPSA) is 89.4 Å². The first kappa shape index (κ1) is 21.3. The van der Waals surface area contributed by atoms with Crippen molar-refractivity contribution in [1.82, 2.24) is 4.57 Å². The largest absolute Gasteiger partial charge is 0.468 e. The van der Waals surface area contributed by atoms with Gasteiger partial charge in [-0.2, -0.15) is 0 Å². The van der Waals surface area contributed by atoms with Crippen LogP contribution in [0, 0.1) is 6.92 Å². The molecule has 0 spiro atoms. The van der Waals surface area contributed by atoms with Gasteiger partial charge in [0, 0.05) is 33.4 Å². The first-order valence-corrected chi connectivity index (χ1v) is 10.8. The minimum atomic E-state index is -0.562. The molecule has 32 heavy (non-hydrogen) atoms. The molecule has 0 aliphatic rings. The Bertz CT molecular complexity index is 1370. The zero-order valence-electron chi connectivity index (χ0n) is 17.5. The highest BCUT2D eigenvalue weighted by atomic mass is 32.1. The maximum Gasteiger partial charge on any atom is 0.325 e. The van der Waals surface area contributed by atoms with Gasteiger partial charge in [0.25, 0.3) is 11.5 Å². The number of anilines is 3. The standard InChI is InChI=1S/C24H21N3O4S/c1-15-7-3-5-9-18(15)25-19-11-22(28)27(13-23(29)31-2)12-20(19)26-24(30)17-14-32-21-10-6-4-8-16(17)21/h3-12,14,25H,13H2,1-2H3,(H,26,30). The van der Waals surface area contributed by atoms with Gasteiger partial charge in [-0.3, -0.25) is 14.4 Å². The molecule has 0 atom stereocenters. The molecule has 2 aromatic carbocycles. The summed E-state index contributed by atoms with van der Waals surface area (Å²) < 4.78 is 6.89. The van der Waals surface area contributed by atoms with Gasteiger partial charge in [0.15, 0.2) is 0 Å². The van der Waals surface area contributed by atoms with Crippen LogP contribution in [0.4, 0.5) is 17.1 Å². The fourth-order valence-corrected chi connectivity index (χ4v) is 4.25. The lowest BCUT2D eigenvalue weighted by Crippen LogP contribution is -2.26. The summed E-state index contributed by atoms with van der Waals surface area (Å²) in [7, 11) is 1.26. The number of hydrogen-bond donors (Lipinski definition) is 2. The van der Waals surface area contributed by atoms with Crippen molar-refractivity contribution in [2.45, 2.75) is 13.5 Å². The molecule has 4 aromatic rings. The highest BCUT2D eigenvalue weighted by Gasteiger charge is 2.17. The molecule has 2 aromatic heterocycles. The van der Waals surface area contributed by atoms with Crippen molar-refractivity contribution in [2.75, 3.05) is 17.7 Å². The number of amides is 1. The van der Waals surface area contributed by atoms with Crippen LogP contribution in [0.1, 0.15) is 15.9 Å². The van der Waals surface area contributed by atoms with Gasteiger partial charge in [-0.1, -0.05) is 36.4 Å². The quantitative estimate of drug-likeness (QED) is 0.424. The number of pyridine rings is 1. The van der Waals surface area contributed by atoms with E-state index in [4.69, 9.17) is 0 Å². The van der Waals surface area contributed by atoms with Crippen LogP contribution in [0.25, 0.3) is 10.1 Å². The Balaban J connectivity index is 1.74. The molecule has 0 aliphatic heterocycles. The fourth-order valence-electron chi connectivity index (χ4n) is 3.30. The number of nitrogens with zero attached hydrogens (tertiary/aromatic N) is 1. The number of carbonyl (C=O) groups excluding carboxylic acids is 2. The number of benzene rings is 2. The van der Waals surface area contributed by atoms with Crippen LogP contribution in [0.2, 0.25) is 0 Å². The Morgan fingerprint density at radius 2 is 1.78 bits per heavy atom. The summed E-state index contributed by atoms with van der Waals surface area (Å²) in [6, 6.07) is 16.6. The summed E-state index contributed by atoms with van der Waals surface area (Å²) >= 11 is 1.49. The lowest BCUT2D eigenvalue weighted by atomic mass is 10.1. The van der Waals surface area contributed by atoms with E-state index in [1.54, 1.807) is 5.38 Å². The molecule has 0 fully saturated rings. The molecule has 7 nitrogen and oxygen atoms in total. The molecule has 0 radical (unpaired) electrons. The van der Waals surface area contributed by atoms with Crippen LogP contribution >= 0.6 is 11.3 Å². The van der Waals surface area contributed by atoms with E-state index in [1.807, 2.05) is 55.5 Å². The Hall–Kier alpha value is -3.91. The van der Waals surface area contributed by atoms with Crippen molar-refractivity contribution in [1.29, 1.82) is 0 Å². The van der Waals surface area contributed by atoms with Crippen LogP contribution in [0.15, 0.2) is 71.0 Å².